The summed E-state index contributed by atoms with van der Waals surface area (Å²) < 4.78 is 38.8. The Morgan fingerprint density at radius 2 is 1.73 bits per heavy atom. The Kier molecular flexibility index (Phi) is 7.93. The van der Waals surface area contributed by atoms with Gasteiger partial charge in [-0.1, -0.05) is 74.9 Å². The molecule has 1 N–H and O–H groups in total. The van der Waals surface area contributed by atoms with Crippen molar-refractivity contribution in [2.45, 2.75) is 58.2 Å². The third kappa shape index (κ3) is 5.73. The topological polar surface area (TPSA) is 73.0 Å². The van der Waals surface area contributed by atoms with Gasteiger partial charge >= 0.3 is 12.2 Å². The van der Waals surface area contributed by atoms with E-state index in [1.54, 1.807) is 14.7 Å². The van der Waals surface area contributed by atoms with E-state index in [0.717, 1.165) is 28.5 Å². The fourth-order valence-electron chi connectivity index (χ4n) is 5.78. The molecule has 0 bridgehead atoms. The number of urea groups is 1. The summed E-state index contributed by atoms with van der Waals surface area (Å²) in [5, 5.41) is 4.90. The first kappa shape index (κ1) is 28.4. The molecule has 2 heterocycles. The number of carbonyl (C=O) groups is 3. The summed E-state index contributed by atoms with van der Waals surface area (Å²) in [6.07, 6.45) is -4.33. The van der Waals surface area contributed by atoms with E-state index in [1.807, 2.05) is 56.3 Å². The van der Waals surface area contributed by atoms with Crippen LogP contribution in [0.1, 0.15) is 43.4 Å². The van der Waals surface area contributed by atoms with Gasteiger partial charge in [-0.3, -0.25) is 9.59 Å². The van der Waals surface area contributed by atoms with Crippen LogP contribution in [-0.4, -0.2) is 57.8 Å². The Morgan fingerprint density at radius 1 is 1.02 bits per heavy atom. The van der Waals surface area contributed by atoms with Crippen LogP contribution in [0.3, 0.4) is 0 Å². The van der Waals surface area contributed by atoms with E-state index in [-0.39, 0.29) is 43.8 Å². The molecule has 2 aliphatic heterocycles. The van der Waals surface area contributed by atoms with E-state index in [2.05, 4.69) is 5.32 Å². The molecule has 2 aliphatic rings. The van der Waals surface area contributed by atoms with Gasteiger partial charge in [-0.15, -0.1) is 0 Å². The summed E-state index contributed by atoms with van der Waals surface area (Å²) in [4.78, 5) is 45.4. The standard InChI is InChI=1S/C31H33F3N4O3/c1-3-20(2)28-29(40)36(18-23-9-6-8-22-7-4-5-10-25(22)23)19-26-37(16-15-27(39)38(26)28)30(41)35-17-21-11-13-24(14-12-21)31(32,33)34/h4-14,20,26,28H,3,15-19H2,1-2H3,(H,35,41)/t20-,26+,28-/m0/s1. The van der Waals surface area contributed by atoms with E-state index in [9.17, 15) is 27.6 Å². The minimum atomic E-state index is -4.44. The Bertz CT molecular complexity index is 1440. The Balaban J connectivity index is 1.39. The van der Waals surface area contributed by atoms with Crippen molar-refractivity contribution in [1.82, 2.24) is 20.0 Å². The van der Waals surface area contributed by atoms with Crippen molar-refractivity contribution in [3.8, 4) is 0 Å². The van der Waals surface area contributed by atoms with Gasteiger partial charge < -0.3 is 20.0 Å². The number of nitrogens with zero attached hydrogens (tertiary/aromatic N) is 3. The smallest absolute Gasteiger partial charge is 0.334 e. The number of carbonyl (C=O) groups excluding carboxylic acids is 3. The van der Waals surface area contributed by atoms with Crippen LogP contribution >= 0.6 is 0 Å². The van der Waals surface area contributed by atoms with Crippen LogP contribution in [0.4, 0.5) is 18.0 Å². The quantitative estimate of drug-likeness (QED) is 0.435. The molecular weight excluding hydrogens is 533 g/mol. The van der Waals surface area contributed by atoms with Crippen LogP contribution in [0.25, 0.3) is 10.8 Å². The highest BCUT2D eigenvalue weighted by Gasteiger charge is 2.50. The molecule has 41 heavy (non-hydrogen) atoms. The molecule has 3 aromatic carbocycles. The average molecular weight is 567 g/mol. The average Bonchev–Trinajstić information content (AvgIpc) is 2.96. The fourth-order valence-corrected chi connectivity index (χ4v) is 5.78. The maximum absolute atomic E-state index is 13.9. The lowest BCUT2D eigenvalue weighted by Crippen LogP contribution is -2.72. The molecule has 4 amide bonds. The van der Waals surface area contributed by atoms with Crippen molar-refractivity contribution in [3.63, 3.8) is 0 Å². The normalized spacial score (nSPS) is 20.3. The molecule has 0 aromatic heterocycles. The number of fused-ring (bicyclic) bond motifs is 2. The molecule has 2 saturated heterocycles. The second-order valence-electron chi connectivity index (χ2n) is 10.8. The molecule has 0 radical (unpaired) electrons. The lowest BCUT2D eigenvalue weighted by molar-refractivity contribution is -0.170. The minimum Gasteiger partial charge on any atom is -0.334 e. The molecule has 2 fully saturated rings. The summed E-state index contributed by atoms with van der Waals surface area (Å²) in [6, 6.07) is 17.4. The number of halogens is 3. The lowest BCUT2D eigenvalue weighted by atomic mass is 9.91. The molecule has 216 valence electrons. The third-order valence-corrected chi connectivity index (χ3v) is 8.19. The molecule has 5 rings (SSSR count). The zero-order chi connectivity index (χ0) is 29.3. The number of nitrogens with one attached hydrogen (secondary N) is 1. The summed E-state index contributed by atoms with van der Waals surface area (Å²) in [6.45, 7) is 4.63. The first-order chi connectivity index (χ1) is 19.6. The van der Waals surface area contributed by atoms with E-state index >= 15 is 0 Å². The van der Waals surface area contributed by atoms with Crippen LogP contribution in [-0.2, 0) is 28.9 Å². The number of benzene rings is 3. The summed E-state index contributed by atoms with van der Waals surface area (Å²) in [5.74, 6) is -0.423. The number of piperazine rings is 1. The van der Waals surface area contributed by atoms with Gasteiger partial charge in [-0.25, -0.2) is 4.79 Å². The Morgan fingerprint density at radius 3 is 2.44 bits per heavy atom. The maximum Gasteiger partial charge on any atom is 0.416 e. The van der Waals surface area contributed by atoms with Crippen LogP contribution in [0.5, 0.6) is 0 Å². The van der Waals surface area contributed by atoms with Gasteiger partial charge in [0.2, 0.25) is 11.8 Å². The lowest BCUT2D eigenvalue weighted by Gasteiger charge is -2.53. The van der Waals surface area contributed by atoms with Gasteiger partial charge in [0.25, 0.3) is 0 Å². The van der Waals surface area contributed by atoms with Crippen LogP contribution in [0.2, 0.25) is 0 Å². The van der Waals surface area contributed by atoms with Gasteiger partial charge in [0, 0.05) is 26.1 Å². The van der Waals surface area contributed by atoms with E-state index in [1.165, 1.54) is 12.1 Å². The molecule has 7 nitrogen and oxygen atoms in total. The maximum atomic E-state index is 13.9. The van der Waals surface area contributed by atoms with Crippen molar-refractivity contribution < 1.29 is 27.6 Å². The molecule has 0 spiro atoms. The van der Waals surface area contributed by atoms with Crippen molar-refractivity contribution in [1.29, 1.82) is 0 Å². The van der Waals surface area contributed by atoms with Gasteiger partial charge in [0.1, 0.15) is 12.2 Å². The predicted molar refractivity (Wildman–Crippen MR) is 148 cm³/mol. The van der Waals surface area contributed by atoms with Crippen molar-refractivity contribution in [3.05, 3.63) is 83.4 Å². The zero-order valence-electron chi connectivity index (χ0n) is 23.0. The first-order valence-corrected chi connectivity index (χ1v) is 13.9. The van der Waals surface area contributed by atoms with E-state index < -0.39 is 30.0 Å². The van der Waals surface area contributed by atoms with Gasteiger partial charge in [0.15, 0.2) is 0 Å². The molecule has 10 heteroatoms. The van der Waals surface area contributed by atoms with Crippen molar-refractivity contribution >= 4 is 28.6 Å². The fraction of sp³-hybridized carbons (Fsp3) is 0.387. The number of alkyl halides is 3. The second kappa shape index (κ2) is 11.4. The number of hydrogen-bond donors (Lipinski definition) is 1. The number of amides is 4. The summed E-state index contributed by atoms with van der Waals surface area (Å²) in [7, 11) is 0. The Hall–Kier alpha value is -4.08. The molecular formula is C31H33F3N4O3. The van der Waals surface area contributed by atoms with Gasteiger partial charge in [-0.05, 0) is 39.9 Å². The molecule has 3 atom stereocenters. The SMILES string of the molecule is CC[C@H](C)[C@H]1C(=O)N(Cc2cccc3ccccc23)C[C@@H]2N(C(=O)NCc3ccc(C(F)(F)F)cc3)CCC(=O)N12. The van der Waals surface area contributed by atoms with Crippen molar-refractivity contribution in [2.75, 3.05) is 13.1 Å². The minimum absolute atomic E-state index is 0.0293. The highest BCUT2D eigenvalue weighted by molar-refractivity contribution is 5.92. The van der Waals surface area contributed by atoms with Crippen molar-refractivity contribution in [2.24, 2.45) is 5.92 Å². The molecule has 0 unspecified atom stereocenters. The van der Waals surface area contributed by atoms with Crippen LogP contribution in [0.15, 0.2) is 66.7 Å². The highest BCUT2D eigenvalue weighted by Crippen LogP contribution is 2.32. The highest BCUT2D eigenvalue weighted by atomic mass is 19.4. The number of rotatable bonds is 6. The number of hydrogen-bond acceptors (Lipinski definition) is 3. The molecule has 0 saturated carbocycles. The summed E-state index contributed by atoms with van der Waals surface area (Å²) in [5.41, 5.74) is 0.741. The second-order valence-corrected chi connectivity index (χ2v) is 10.8. The first-order valence-electron chi connectivity index (χ1n) is 13.9. The predicted octanol–water partition coefficient (Wildman–Crippen LogP) is 5.39. The molecule has 0 aliphatic carbocycles. The van der Waals surface area contributed by atoms with Gasteiger partial charge in [-0.2, -0.15) is 13.2 Å². The monoisotopic (exact) mass is 566 g/mol. The molecule has 3 aromatic rings. The van der Waals surface area contributed by atoms with Gasteiger partial charge in [0.05, 0.1) is 12.1 Å². The van der Waals surface area contributed by atoms with E-state index in [0.29, 0.717) is 18.5 Å². The summed E-state index contributed by atoms with van der Waals surface area (Å²) >= 11 is 0. The largest absolute Gasteiger partial charge is 0.416 e. The van der Waals surface area contributed by atoms with E-state index in [4.69, 9.17) is 0 Å². The van der Waals surface area contributed by atoms with Crippen LogP contribution < -0.4 is 5.32 Å². The Labute approximate surface area is 236 Å². The van der Waals surface area contributed by atoms with Crippen LogP contribution in [0, 0.1) is 5.92 Å². The zero-order valence-corrected chi connectivity index (χ0v) is 23.0. The third-order valence-electron chi connectivity index (χ3n) is 8.19.